The maximum absolute atomic E-state index is 13.2. The average molecular weight is 466 g/mol. The van der Waals surface area contributed by atoms with Crippen LogP contribution in [0.2, 0.25) is 0 Å². The summed E-state index contributed by atoms with van der Waals surface area (Å²) in [5, 5.41) is 20.2. The number of aliphatic hydroxyl groups excluding tert-OH is 1. The maximum Gasteiger partial charge on any atom is 0.301 e. The Kier molecular flexibility index (Phi) is 6.15. The molecular formula is C24H23N3O5S. The fourth-order valence-electron chi connectivity index (χ4n) is 3.66. The molecule has 0 saturated carbocycles. The zero-order valence-corrected chi connectivity index (χ0v) is 19.4. The van der Waals surface area contributed by atoms with Gasteiger partial charge in [0.15, 0.2) is 0 Å². The highest BCUT2D eigenvalue weighted by atomic mass is 32.1. The Balaban J connectivity index is 1.87. The highest BCUT2D eigenvalue weighted by Gasteiger charge is 2.48. The molecule has 1 amide bonds. The molecule has 1 aromatic heterocycles. The van der Waals surface area contributed by atoms with Gasteiger partial charge in [0.25, 0.3) is 5.78 Å². The van der Waals surface area contributed by atoms with Gasteiger partial charge in [-0.15, -0.1) is 10.2 Å². The van der Waals surface area contributed by atoms with Crippen molar-refractivity contribution in [2.45, 2.75) is 32.9 Å². The molecule has 2 heterocycles. The molecule has 0 bridgehead atoms. The van der Waals surface area contributed by atoms with E-state index in [-0.39, 0.29) is 22.6 Å². The lowest BCUT2D eigenvalue weighted by atomic mass is 9.95. The lowest BCUT2D eigenvalue weighted by Crippen LogP contribution is -2.29. The van der Waals surface area contributed by atoms with Crippen molar-refractivity contribution in [2.75, 3.05) is 12.0 Å². The molecule has 4 rings (SSSR count). The van der Waals surface area contributed by atoms with Crippen LogP contribution in [0.5, 0.6) is 11.5 Å². The molecule has 8 nitrogen and oxygen atoms in total. The van der Waals surface area contributed by atoms with Gasteiger partial charge < -0.3 is 14.6 Å². The van der Waals surface area contributed by atoms with Crippen molar-refractivity contribution >= 4 is 33.9 Å². The van der Waals surface area contributed by atoms with Gasteiger partial charge in [-0.2, -0.15) is 0 Å². The maximum atomic E-state index is 13.2. The molecule has 1 unspecified atom stereocenters. The second-order valence-corrected chi connectivity index (χ2v) is 8.90. The van der Waals surface area contributed by atoms with Crippen LogP contribution < -0.4 is 14.4 Å². The number of rotatable bonds is 6. The molecule has 2 aromatic carbocycles. The summed E-state index contributed by atoms with van der Waals surface area (Å²) in [6.07, 6.45) is -0.00167. The highest BCUT2D eigenvalue weighted by Crippen LogP contribution is 2.43. The summed E-state index contributed by atoms with van der Waals surface area (Å²) in [6.45, 7) is 5.59. The molecule has 33 heavy (non-hydrogen) atoms. The van der Waals surface area contributed by atoms with Crippen LogP contribution in [0, 0.1) is 6.92 Å². The number of anilines is 1. The third-order valence-corrected chi connectivity index (χ3v) is 5.91. The number of carbonyl (C=O) groups excluding carboxylic acids is 2. The standard InChI is InChI=1S/C24H23N3O5S/c1-13(2)32-17-10-8-15(9-11-17)21(28)19-20(16-6-5-7-18(12-16)31-4)27(23(30)22(19)29)24-26-25-14(3)33-24/h5-13,20,28H,1-4H3/b21-19+. The van der Waals surface area contributed by atoms with Crippen LogP contribution in [-0.2, 0) is 9.59 Å². The number of hydrogen-bond acceptors (Lipinski definition) is 8. The van der Waals surface area contributed by atoms with Gasteiger partial charge in [-0.1, -0.05) is 23.5 Å². The summed E-state index contributed by atoms with van der Waals surface area (Å²) in [6, 6.07) is 12.8. The van der Waals surface area contributed by atoms with Crippen molar-refractivity contribution in [2.24, 2.45) is 0 Å². The molecular weight excluding hydrogens is 442 g/mol. The molecule has 0 aliphatic carbocycles. The molecule has 9 heteroatoms. The predicted molar refractivity (Wildman–Crippen MR) is 125 cm³/mol. The number of amides is 1. The van der Waals surface area contributed by atoms with Gasteiger partial charge in [0, 0.05) is 5.56 Å². The minimum atomic E-state index is -0.890. The SMILES string of the molecule is COc1cccc(C2/C(=C(\O)c3ccc(OC(C)C)cc3)C(=O)C(=O)N2c2nnc(C)s2)c1. The second kappa shape index (κ2) is 9.03. The van der Waals surface area contributed by atoms with Gasteiger partial charge in [-0.05, 0) is 62.7 Å². The summed E-state index contributed by atoms with van der Waals surface area (Å²) < 4.78 is 11.0. The summed E-state index contributed by atoms with van der Waals surface area (Å²) in [4.78, 5) is 27.5. The zero-order valence-electron chi connectivity index (χ0n) is 18.6. The lowest BCUT2D eigenvalue weighted by molar-refractivity contribution is -0.132. The fraction of sp³-hybridized carbons (Fsp3) is 0.250. The van der Waals surface area contributed by atoms with Crippen LogP contribution in [0.3, 0.4) is 0 Å². The molecule has 3 aromatic rings. The lowest BCUT2D eigenvalue weighted by Gasteiger charge is -2.23. The molecule has 170 valence electrons. The highest BCUT2D eigenvalue weighted by molar-refractivity contribution is 7.15. The van der Waals surface area contributed by atoms with Gasteiger partial charge in [0.05, 0.1) is 24.8 Å². The molecule has 0 spiro atoms. The number of carbonyl (C=O) groups is 2. The first-order valence-corrected chi connectivity index (χ1v) is 11.1. The fourth-order valence-corrected chi connectivity index (χ4v) is 4.37. The number of aryl methyl sites for hydroxylation is 1. The zero-order chi connectivity index (χ0) is 23.7. The summed E-state index contributed by atoms with van der Waals surface area (Å²) in [5.41, 5.74) is 0.965. The largest absolute Gasteiger partial charge is 0.507 e. The second-order valence-electron chi connectivity index (χ2n) is 7.74. The molecule has 1 aliphatic rings. The minimum absolute atomic E-state index is 0.00167. The Bertz CT molecular complexity index is 1230. The molecule has 1 fully saturated rings. The van der Waals surface area contributed by atoms with E-state index in [1.807, 2.05) is 13.8 Å². The number of hydrogen-bond donors (Lipinski definition) is 1. The van der Waals surface area contributed by atoms with E-state index in [2.05, 4.69) is 10.2 Å². The van der Waals surface area contributed by atoms with Crippen LogP contribution in [0.4, 0.5) is 5.13 Å². The number of ether oxygens (including phenoxy) is 2. The van der Waals surface area contributed by atoms with Crippen molar-refractivity contribution < 1.29 is 24.2 Å². The summed E-state index contributed by atoms with van der Waals surface area (Å²) in [7, 11) is 1.53. The Morgan fingerprint density at radius 1 is 1.09 bits per heavy atom. The van der Waals surface area contributed by atoms with E-state index in [0.717, 1.165) is 0 Å². The summed E-state index contributed by atoms with van der Waals surface area (Å²) >= 11 is 1.19. The Morgan fingerprint density at radius 2 is 1.82 bits per heavy atom. The van der Waals surface area contributed by atoms with Crippen LogP contribution >= 0.6 is 11.3 Å². The van der Waals surface area contributed by atoms with Crippen LogP contribution in [0.1, 0.15) is 36.0 Å². The number of aliphatic hydroxyl groups is 1. The number of methoxy groups -OCH3 is 1. The van der Waals surface area contributed by atoms with Crippen LogP contribution in [0.15, 0.2) is 54.1 Å². The number of benzene rings is 2. The van der Waals surface area contributed by atoms with Crippen molar-refractivity contribution in [1.82, 2.24) is 10.2 Å². The van der Waals surface area contributed by atoms with Gasteiger partial charge in [0.2, 0.25) is 5.13 Å². The van der Waals surface area contributed by atoms with Crippen LogP contribution in [0.25, 0.3) is 5.76 Å². The predicted octanol–water partition coefficient (Wildman–Crippen LogP) is 4.27. The Hall–Kier alpha value is -3.72. The Morgan fingerprint density at radius 3 is 2.42 bits per heavy atom. The first-order chi connectivity index (χ1) is 15.8. The molecule has 0 radical (unpaired) electrons. The van der Waals surface area contributed by atoms with Crippen molar-refractivity contribution in [3.8, 4) is 11.5 Å². The first-order valence-electron chi connectivity index (χ1n) is 10.3. The third-order valence-electron chi connectivity index (χ3n) is 5.07. The van der Waals surface area contributed by atoms with E-state index in [1.165, 1.54) is 23.3 Å². The molecule has 1 N–H and O–H groups in total. The molecule has 1 aliphatic heterocycles. The third kappa shape index (κ3) is 4.31. The van der Waals surface area contributed by atoms with E-state index in [1.54, 1.807) is 55.5 Å². The number of ketones is 1. The average Bonchev–Trinajstić information content (AvgIpc) is 3.34. The molecule has 1 atom stereocenters. The van der Waals surface area contributed by atoms with E-state index >= 15 is 0 Å². The van der Waals surface area contributed by atoms with Gasteiger partial charge in [-0.25, -0.2) is 0 Å². The number of nitrogens with zero attached hydrogens (tertiary/aromatic N) is 3. The normalized spacial score (nSPS) is 17.6. The van der Waals surface area contributed by atoms with Gasteiger partial charge in [0.1, 0.15) is 22.3 Å². The Labute approximate surface area is 195 Å². The number of Topliss-reactive ketones (excluding diaryl/α,β-unsaturated/α-hetero) is 1. The minimum Gasteiger partial charge on any atom is -0.507 e. The van der Waals surface area contributed by atoms with E-state index in [0.29, 0.717) is 27.6 Å². The topological polar surface area (TPSA) is 102 Å². The van der Waals surface area contributed by atoms with Crippen molar-refractivity contribution in [3.63, 3.8) is 0 Å². The van der Waals surface area contributed by atoms with Crippen LogP contribution in [-0.4, -0.2) is 40.2 Å². The van der Waals surface area contributed by atoms with E-state index in [9.17, 15) is 14.7 Å². The van der Waals surface area contributed by atoms with Crippen molar-refractivity contribution in [1.29, 1.82) is 0 Å². The summed E-state index contributed by atoms with van der Waals surface area (Å²) in [5.74, 6) is -0.658. The monoisotopic (exact) mass is 465 g/mol. The van der Waals surface area contributed by atoms with Gasteiger partial charge in [-0.3, -0.25) is 14.5 Å². The number of aromatic nitrogens is 2. The van der Waals surface area contributed by atoms with E-state index < -0.39 is 17.7 Å². The van der Waals surface area contributed by atoms with Gasteiger partial charge >= 0.3 is 5.91 Å². The molecule has 1 saturated heterocycles. The van der Waals surface area contributed by atoms with Crippen molar-refractivity contribution in [3.05, 3.63) is 70.2 Å². The first kappa shape index (κ1) is 22.5. The quantitative estimate of drug-likeness (QED) is 0.329. The smallest absolute Gasteiger partial charge is 0.301 e. The van der Waals surface area contributed by atoms with E-state index in [4.69, 9.17) is 9.47 Å².